The van der Waals surface area contributed by atoms with Crippen molar-refractivity contribution in [2.45, 2.75) is 12.0 Å². The fourth-order valence-electron chi connectivity index (χ4n) is 1.85. The average Bonchev–Trinajstić information content (AvgIpc) is 2.79. The largest absolute Gasteiger partial charge is 0.479 e. The lowest BCUT2D eigenvalue weighted by atomic mass is 9.98. The Morgan fingerprint density at radius 1 is 1.61 bits per heavy atom. The lowest BCUT2D eigenvalue weighted by Crippen LogP contribution is -2.47. The molecule has 0 saturated carbocycles. The molecule has 1 aromatic rings. The normalized spacial score (nSPS) is 22.4. The molecule has 1 aliphatic rings. The maximum absolute atomic E-state index is 11.3. The minimum atomic E-state index is -1.08. The standard InChI is InChI=1S/C12H11BrN2O3/c13-10-5-9(2-1-8(10)6-14)15-12(11(16)17)3-4-18-7-12/h1-2,5,15H,3-4,7H2,(H,16,17). The summed E-state index contributed by atoms with van der Waals surface area (Å²) in [4.78, 5) is 11.3. The van der Waals surface area contributed by atoms with Gasteiger partial charge in [0.25, 0.3) is 0 Å². The number of ether oxygens (including phenoxy) is 1. The van der Waals surface area contributed by atoms with Crippen LogP contribution in [0.25, 0.3) is 0 Å². The van der Waals surface area contributed by atoms with Gasteiger partial charge in [-0.15, -0.1) is 0 Å². The molecular formula is C12H11BrN2O3. The van der Waals surface area contributed by atoms with Gasteiger partial charge in [0.2, 0.25) is 0 Å². The summed E-state index contributed by atoms with van der Waals surface area (Å²) in [6, 6.07) is 7.05. The maximum atomic E-state index is 11.3. The van der Waals surface area contributed by atoms with Crippen molar-refractivity contribution in [1.82, 2.24) is 0 Å². The van der Waals surface area contributed by atoms with Crippen LogP contribution < -0.4 is 5.32 Å². The number of rotatable bonds is 3. The Morgan fingerprint density at radius 2 is 2.39 bits per heavy atom. The number of carbonyl (C=O) groups is 1. The average molecular weight is 311 g/mol. The molecule has 0 radical (unpaired) electrons. The van der Waals surface area contributed by atoms with Crippen molar-refractivity contribution >= 4 is 27.6 Å². The Balaban J connectivity index is 2.25. The Morgan fingerprint density at radius 3 is 2.89 bits per heavy atom. The number of benzene rings is 1. The van der Waals surface area contributed by atoms with E-state index in [1.54, 1.807) is 18.2 Å². The van der Waals surface area contributed by atoms with Crippen LogP contribution in [0.15, 0.2) is 22.7 Å². The topological polar surface area (TPSA) is 82.4 Å². The van der Waals surface area contributed by atoms with Gasteiger partial charge in [0.05, 0.1) is 12.2 Å². The molecule has 1 aliphatic heterocycles. The van der Waals surface area contributed by atoms with Crippen molar-refractivity contribution in [2.24, 2.45) is 0 Å². The van der Waals surface area contributed by atoms with Crippen LogP contribution in [0.3, 0.4) is 0 Å². The first kappa shape index (κ1) is 12.9. The van der Waals surface area contributed by atoms with Crippen LogP contribution in [0.2, 0.25) is 0 Å². The van der Waals surface area contributed by atoms with E-state index in [1.807, 2.05) is 6.07 Å². The van der Waals surface area contributed by atoms with Crippen LogP contribution in [0.4, 0.5) is 5.69 Å². The number of nitrogens with one attached hydrogen (secondary N) is 1. The molecule has 5 nitrogen and oxygen atoms in total. The van der Waals surface area contributed by atoms with Crippen LogP contribution in [0.1, 0.15) is 12.0 Å². The van der Waals surface area contributed by atoms with Crippen LogP contribution in [0.5, 0.6) is 0 Å². The highest BCUT2D eigenvalue weighted by molar-refractivity contribution is 9.10. The molecule has 0 bridgehead atoms. The first-order chi connectivity index (χ1) is 8.57. The molecule has 1 unspecified atom stereocenters. The number of halogens is 1. The van der Waals surface area contributed by atoms with Gasteiger partial charge in [0, 0.05) is 23.2 Å². The van der Waals surface area contributed by atoms with Crippen molar-refractivity contribution in [3.05, 3.63) is 28.2 Å². The van der Waals surface area contributed by atoms with Gasteiger partial charge in [-0.1, -0.05) is 0 Å². The number of hydrogen-bond acceptors (Lipinski definition) is 4. The quantitative estimate of drug-likeness (QED) is 0.892. The number of carboxylic acids is 1. The van der Waals surface area contributed by atoms with E-state index in [9.17, 15) is 9.90 Å². The molecule has 0 spiro atoms. The van der Waals surface area contributed by atoms with Gasteiger partial charge in [-0.05, 0) is 34.1 Å². The van der Waals surface area contributed by atoms with Gasteiger partial charge in [-0.3, -0.25) is 0 Å². The number of aliphatic carboxylic acids is 1. The molecule has 1 saturated heterocycles. The van der Waals surface area contributed by atoms with Gasteiger partial charge < -0.3 is 15.2 Å². The number of nitrogens with zero attached hydrogens (tertiary/aromatic N) is 1. The van der Waals surface area contributed by atoms with Crippen molar-refractivity contribution in [3.8, 4) is 6.07 Å². The summed E-state index contributed by atoms with van der Waals surface area (Å²) in [5.41, 5.74) is 0.0783. The third-order valence-corrected chi connectivity index (χ3v) is 3.56. The predicted octanol–water partition coefficient (Wildman–Crippen LogP) is 1.98. The van der Waals surface area contributed by atoms with Crippen LogP contribution in [-0.4, -0.2) is 29.8 Å². The van der Waals surface area contributed by atoms with Crippen LogP contribution in [0, 0.1) is 11.3 Å². The lowest BCUT2D eigenvalue weighted by molar-refractivity contribution is -0.142. The molecule has 2 rings (SSSR count). The highest BCUT2D eigenvalue weighted by atomic mass is 79.9. The summed E-state index contributed by atoms with van der Waals surface area (Å²) >= 11 is 3.27. The van der Waals surface area contributed by atoms with E-state index in [0.29, 0.717) is 28.8 Å². The third kappa shape index (κ3) is 2.33. The molecule has 2 N–H and O–H groups in total. The van der Waals surface area contributed by atoms with E-state index in [1.165, 1.54) is 0 Å². The summed E-state index contributed by atoms with van der Waals surface area (Å²) in [6.07, 6.45) is 0.417. The molecule has 0 aromatic heterocycles. The van der Waals surface area contributed by atoms with Gasteiger partial charge in [0.1, 0.15) is 6.07 Å². The molecule has 94 valence electrons. The van der Waals surface area contributed by atoms with Gasteiger partial charge >= 0.3 is 5.97 Å². The first-order valence-electron chi connectivity index (χ1n) is 5.36. The molecule has 0 amide bonds. The molecule has 18 heavy (non-hydrogen) atoms. The lowest BCUT2D eigenvalue weighted by Gasteiger charge is -2.25. The third-order valence-electron chi connectivity index (χ3n) is 2.90. The number of hydrogen-bond donors (Lipinski definition) is 2. The van der Waals surface area contributed by atoms with E-state index in [-0.39, 0.29) is 6.61 Å². The molecular weight excluding hydrogens is 300 g/mol. The van der Waals surface area contributed by atoms with Crippen LogP contribution >= 0.6 is 15.9 Å². The van der Waals surface area contributed by atoms with Crippen molar-refractivity contribution in [3.63, 3.8) is 0 Å². The molecule has 1 aromatic carbocycles. The molecule has 1 fully saturated rings. The highest BCUT2D eigenvalue weighted by Crippen LogP contribution is 2.27. The second kappa shape index (κ2) is 4.96. The minimum Gasteiger partial charge on any atom is -0.479 e. The second-order valence-corrected chi connectivity index (χ2v) is 4.98. The number of anilines is 1. The van der Waals surface area contributed by atoms with E-state index in [2.05, 4.69) is 21.2 Å². The van der Waals surface area contributed by atoms with E-state index in [4.69, 9.17) is 10.00 Å². The summed E-state index contributed by atoms with van der Waals surface area (Å²) in [5, 5.41) is 21.1. The minimum absolute atomic E-state index is 0.139. The van der Waals surface area contributed by atoms with E-state index in [0.717, 1.165) is 0 Å². The van der Waals surface area contributed by atoms with Crippen LogP contribution in [-0.2, 0) is 9.53 Å². The number of carboxylic acid groups (broad SMARTS) is 1. The predicted molar refractivity (Wildman–Crippen MR) is 68.3 cm³/mol. The monoisotopic (exact) mass is 310 g/mol. The summed E-state index contributed by atoms with van der Waals surface area (Å²) in [7, 11) is 0. The molecule has 1 heterocycles. The highest BCUT2D eigenvalue weighted by Gasteiger charge is 2.42. The number of nitriles is 1. The second-order valence-electron chi connectivity index (χ2n) is 4.12. The SMILES string of the molecule is N#Cc1ccc(NC2(C(=O)O)CCOC2)cc1Br. The summed E-state index contributed by atoms with van der Waals surface area (Å²) in [6.45, 7) is 0.566. The molecule has 1 atom stereocenters. The zero-order valence-electron chi connectivity index (χ0n) is 9.44. The van der Waals surface area contributed by atoms with Gasteiger partial charge in [-0.2, -0.15) is 5.26 Å². The van der Waals surface area contributed by atoms with Gasteiger partial charge in [0.15, 0.2) is 5.54 Å². The first-order valence-corrected chi connectivity index (χ1v) is 6.16. The Bertz CT molecular complexity index is 519. The summed E-state index contributed by atoms with van der Waals surface area (Å²) < 4.78 is 5.80. The van der Waals surface area contributed by atoms with Gasteiger partial charge in [-0.25, -0.2) is 4.79 Å². The molecule has 0 aliphatic carbocycles. The fourth-order valence-corrected chi connectivity index (χ4v) is 2.31. The maximum Gasteiger partial charge on any atom is 0.331 e. The Labute approximate surface area is 112 Å². The Kier molecular flexibility index (Phi) is 3.55. The molecule has 6 heteroatoms. The smallest absolute Gasteiger partial charge is 0.331 e. The van der Waals surface area contributed by atoms with Crippen molar-refractivity contribution in [2.75, 3.05) is 18.5 Å². The zero-order valence-corrected chi connectivity index (χ0v) is 11.0. The van der Waals surface area contributed by atoms with E-state index >= 15 is 0 Å². The summed E-state index contributed by atoms with van der Waals surface area (Å²) in [5.74, 6) is -0.930. The zero-order chi connectivity index (χ0) is 13.2. The fraction of sp³-hybridized carbons (Fsp3) is 0.333. The van der Waals surface area contributed by atoms with Crippen molar-refractivity contribution < 1.29 is 14.6 Å². The Hall–Kier alpha value is -1.58. The van der Waals surface area contributed by atoms with Crippen molar-refractivity contribution in [1.29, 1.82) is 5.26 Å². The van der Waals surface area contributed by atoms with E-state index < -0.39 is 11.5 Å².